The molecule has 6 aromatic rings. The minimum absolute atomic E-state index is 0.139. The van der Waals surface area contributed by atoms with Crippen LogP contribution in [0, 0.1) is 0 Å². The maximum absolute atomic E-state index is 13.7. The number of unbranched alkanes of at least 4 members (excludes halogenated alkanes) is 16. The number of nitrogens with zero attached hydrogens (tertiary/aromatic N) is 4. The third-order valence-corrected chi connectivity index (χ3v) is 19.7. The number of benzene rings is 2. The van der Waals surface area contributed by atoms with Gasteiger partial charge in [0, 0.05) is 47.9 Å². The van der Waals surface area contributed by atoms with Crippen molar-refractivity contribution in [3.8, 4) is 11.5 Å². The zero-order chi connectivity index (χ0) is 81.1. The van der Waals surface area contributed by atoms with E-state index in [1.165, 1.54) is 35.7 Å². The van der Waals surface area contributed by atoms with Crippen molar-refractivity contribution in [2.75, 3.05) is 69.0 Å². The number of carbonyl (C=O) groups is 10. The van der Waals surface area contributed by atoms with E-state index in [0.717, 1.165) is 116 Å². The predicted molar refractivity (Wildman–Crippen MR) is 448 cm³/mol. The Morgan fingerprint density at radius 2 is 0.536 bits per heavy atom. The fraction of sp³-hybridized carbons (Fsp3) is 0.482. The first kappa shape index (κ1) is 91.0. The van der Waals surface area contributed by atoms with Crippen LogP contribution in [0.5, 0.6) is 11.5 Å². The van der Waals surface area contributed by atoms with E-state index < -0.39 is 33.1 Å². The maximum Gasteiger partial charge on any atom is 0.322 e. The Morgan fingerprint density at radius 3 is 0.768 bits per heavy atom. The molecule has 112 heavy (non-hydrogen) atoms. The van der Waals surface area contributed by atoms with E-state index in [1.807, 2.05) is 27.7 Å². The van der Waals surface area contributed by atoms with Gasteiger partial charge in [-0.3, -0.25) is 47.9 Å². The average molecular weight is 1600 g/mol. The fourth-order valence-electron chi connectivity index (χ4n) is 11.1. The van der Waals surface area contributed by atoms with Crippen molar-refractivity contribution in [1.29, 1.82) is 0 Å². The average Bonchev–Trinajstić information content (AvgIpc) is 0.830. The quantitative estimate of drug-likeness (QED) is 0.00999. The van der Waals surface area contributed by atoms with Crippen LogP contribution in [0.3, 0.4) is 0 Å². The van der Waals surface area contributed by atoms with E-state index in [-0.39, 0.29) is 104 Å². The molecule has 8 amide bonds. The van der Waals surface area contributed by atoms with Gasteiger partial charge < -0.3 is 61.5 Å². The molecule has 0 aliphatic heterocycles. The first-order valence-electron chi connectivity index (χ1n) is 39.0. The van der Waals surface area contributed by atoms with Crippen LogP contribution in [0.1, 0.15) is 264 Å². The van der Waals surface area contributed by atoms with Crippen molar-refractivity contribution < 1.29 is 66.9 Å². The number of amides is 8. The van der Waals surface area contributed by atoms with Crippen LogP contribution in [-0.4, -0.2) is 119 Å². The van der Waals surface area contributed by atoms with Gasteiger partial charge in [0.2, 0.25) is 23.6 Å². The summed E-state index contributed by atoms with van der Waals surface area (Å²) >= 11 is 8.09. The second-order valence-corrected chi connectivity index (χ2v) is 32.4. The van der Waals surface area contributed by atoms with Gasteiger partial charge in [-0.05, 0) is 164 Å². The van der Waals surface area contributed by atoms with Gasteiger partial charge in [0.15, 0.2) is 0 Å². The van der Waals surface area contributed by atoms with Crippen LogP contribution in [0.4, 0.5) is 46.5 Å². The second-order valence-electron chi connectivity index (χ2n) is 27.9. The molecule has 29 heteroatoms. The summed E-state index contributed by atoms with van der Waals surface area (Å²) in [5.41, 5.74) is 0.557. The third-order valence-electron chi connectivity index (χ3n) is 17.0. The molecule has 0 bridgehead atoms. The molecule has 0 atom stereocenters. The van der Waals surface area contributed by atoms with Crippen LogP contribution >= 0.6 is 35.7 Å². The summed E-state index contributed by atoms with van der Waals surface area (Å²) in [7, 11) is 0. The van der Waals surface area contributed by atoms with Crippen molar-refractivity contribution in [2.45, 2.75) is 232 Å². The highest BCUT2D eigenvalue weighted by molar-refractivity contribution is 8.48. The number of nitrogens with one attached hydrogen (secondary N) is 8. The van der Waals surface area contributed by atoms with Crippen molar-refractivity contribution in [1.82, 2.24) is 19.9 Å². The van der Waals surface area contributed by atoms with Gasteiger partial charge >= 0.3 is 11.9 Å². The molecule has 0 spiro atoms. The number of hydrogen-bond donors (Lipinski definition) is 8. The second kappa shape index (κ2) is 49.5. The van der Waals surface area contributed by atoms with Crippen LogP contribution in [0.25, 0.3) is 0 Å². The van der Waals surface area contributed by atoms with Crippen molar-refractivity contribution in [2.24, 2.45) is 0 Å². The molecule has 0 unspecified atom stereocenters. The summed E-state index contributed by atoms with van der Waals surface area (Å²) in [6.07, 6.45) is 20.8. The standard InChI is InChI=1S/C83H110N12O14S3/c1-9-35-71(96)88-63-39-31-43-67(84-63)92-75(100)57-51-58(76(101)93-68-44-32-40-64(85-68)89-72(97)36-10-2)54-61(53-57)106-47-27-23-19-15-13-17-21-25-29-49-108-79(104)82(5,6)111-81(110)112-83(7,8)80(105)109-50-30-26-22-18-14-16-20-24-28-48-107-62-55-59(77(102)94-69-45-33-41-65(86-69)90-73(98)37-11-3)52-60(56-62)78(103)95-70-46-34-42-66(87-70)91-74(99)38-12-4/h31-34,39-46,51-56H,9-30,35-38,47-50H2,1-8H3,(H2,84,88,92,96,100)(H2,85,89,93,97,101)(H2,86,90,94,98,102)(H2,87,91,95,99,103). The van der Waals surface area contributed by atoms with Crippen LogP contribution in [0.15, 0.2) is 109 Å². The van der Waals surface area contributed by atoms with Gasteiger partial charge in [0.25, 0.3) is 23.6 Å². The number of thioether (sulfide) groups is 2. The van der Waals surface area contributed by atoms with E-state index in [2.05, 4.69) is 62.5 Å². The largest absolute Gasteiger partial charge is 0.494 e. The molecule has 0 aliphatic carbocycles. The Bertz CT molecular complexity index is 3680. The minimum Gasteiger partial charge on any atom is -0.494 e. The lowest BCUT2D eigenvalue weighted by molar-refractivity contribution is -0.146. The van der Waals surface area contributed by atoms with Gasteiger partial charge in [-0.1, -0.05) is 178 Å². The van der Waals surface area contributed by atoms with Crippen LogP contribution in [-0.2, 0) is 38.2 Å². The van der Waals surface area contributed by atoms with Crippen molar-refractivity contribution in [3.63, 3.8) is 0 Å². The van der Waals surface area contributed by atoms with Gasteiger partial charge in [-0.15, -0.1) is 0 Å². The molecule has 2 aromatic carbocycles. The van der Waals surface area contributed by atoms with Crippen molar-refractivity contribution in [3.05, 3.63) is 131 Å². The van der Waals surface area contributed by atoms with E-state index in [1.54, 1.807) is 125 Å². The molecule has 6 rings (SSSR count). The summed E-state index contributed by atoms with van der Waals surface area (Å²) in [5.74, 6) is -1.16. The monoisotopic (exact) mass is 1590 g/mol. The maximum atomic E-state index is 13.7. The summed E-state index contributed by atoms with van der Waals surface area (Å²) in [6.45, 7) is 15.9. The molecular weight excluding hydrogens is 1490 g/mol. The number of hydrogen-bond acceptors (Lipinski definition) is 21. The molecule has 0 saturated carbocycles. The fourth-order valence-corrected chi connectivity index (χ4v) is 14.9. The molecular formula is C83H110N12O14S3. The number of ether oxygens (including phenoxy) is 4. The number of rotatable bonds is 50. The number of pyridine rings is 4. The van der Waals surface area contributed by atoms with Crippen LogP contribution in [0.2, 0.25) is 0 Å². The first-order chi connectivity index (χ1) is 53.8. The normalized spacial score (nSPS) is 11.1. The van der Waals surface area contributed by atoms with Gasteiger partial charge in [0.05, 0.1) is 26.4 Å². The highest BCUT2D eigenvalue weighted by Gasteiger charge is 2.37. The van der Waals surface area contributed by atoms with Gasteiger partial charge in [0.1, 0.15) is 71.1 Å². The number of anilines is 8. The highest BCUT2D eigenvalue weighted by atomic mass is 32.2. The highest BCUT2D eigenvalue weighted by Crippen LogP contribution is 2.38. The number of thiocarbonyl (C=S) groups is 1. The zero-order valence-electron chi connectivity index (χ0n) is 65.8. The summed E-state index contributed by atoms with van der Waals surface area (Å²) in [6, 6.07) is 28.6. The van der Waals surface area contributed by atoms with Crippen molar-refractivity contribution >= 4 is 145 Å². The topological polar surface area (TPSA) is 355 Å². The Hall–Kier alpha value is -9.87. The molecule has 0 fully saturated rings. The van der Waals surface area contributed by atoms with Gasteiger partial charge in [-0.25, -0.2) is 19.9 Å². The molecule has 4 heterocycles. The van der Waals surface area contributed by atoms with E-state index in [9.17, 15) is 47.9 Å². The molecule has 604 valence electrons. The predicted octanol–water partition coefficient (Wildman–Crippen LogP) is 18.1. The lowest BCUT2D eigenvalue weighted by Crippen LogP contribution is -2.34. The van der Waals surface area contributed by atoms with Crippen LogP contribution < -0.4 is 52.0 Å². The number of carbonyl (C=O) groups excluding carboxylic acids is 10. The summed E-state index contributed by atoms with van der Waals surface area (Å²) in [5, 5.41) is 21.9. The number of aromatic nitrogens is 4. The van der Waals surface area contributed by atoms with Gasteiger partial charge in [-0.2, -0.15) is 0 Å². The Morgan fingerprint density at radius 1 is 0.321 bits per heavy atom. The molecule has 4 aromatic heterocycles. The zero-order valence-corrected chi connectivity index (χ0v) is 68.3. The molecule has 0 saturated heterocycles. The molecule has 26 nitrogen and oxygen atoms in total. The molecule has 8 N–H and O–H groups in total. The Balaban J connectivity index is 0.813. The summed E-state index contributed by atoms with van der Waals surface area (Å²) < 4.78 is 22.2. The van der Waals surface area contributed by atoms with E-state index in [0.29, 0.717) is 92.8 Å². The Labute approximate surface area is 671 Å². The van der Waals surface area contributed by atoms with E-state index >= 15 is 0 Å². The van der Waals surface area contributed by atoms with E-state index in [4.69, 9.17) is 31.2 Å². The molecule has 0 radical (unpaired) electrons. The lowest BCUT2D eigenvalue weighted by atomic mass is 10.1. The minimum atomic E-state index is -0.965. The summed E-state index contributed by atoms with van der Waals surface area (Å²) in [4.78, 5) is 148. The SMILES string of the molecule is CCCC(=O)Nc1cccc(NC(=O)c2cc(OCCCCCCCCCCCOC(=O)C(C)(C)SC(=S)SC(C)(C)C(=O)OCCCCCCCCCCCOc3cc(C(=O)Nc4cccc(NC(=O)CCC)n4)cc(C(=O)Nc4cccc(NC(=O)CCC)n4)c3)cc(C(=O)Nc3cccc(NC(=O)CCC)n3)c2)n1. The number of esters is 2. The Kier molecular flexibility index (Phi) is 40.2. The molecule has 0 aliphatic rings. The smallest absolute Gasteiger partial charge is 0.322 e. The third kappa shape index (κ3) is 34.8. The lowest BCUT2D eigenvalue weighted by Gasteiger charge is -2.26. The first-order valence-corrected chi connectivity index (χ1v) is 41.0.